The van der Waals surface area contributed by atoms with Gasteiger partial charge >= 0.3 is 0 Å². The van der Waals surface area contributed by atoms with Crippen molar-refractivity contribution in [2.75, 3.05) is 31.9 Å². The van der Waals surface area contributed by atoms with Gasteiger partial charge in [0.25, 0.3) is 0 Å². The van der Waals surface area contributed by atoms with Gasteiger partial charge in [-0.3, -0.25) is 4.79 Å². The molecule has 1 atom stereocenters. The molecule has 21 heavy (non-hydrogen) atoms. The van der Waals surface area contributed by atoms with Crippen LogP contribution in [0.3, 0.4) is 0 Å². The Kier molecular flexibility index (Phi) is 5.27. The second-order valence-electron chi connectivity index (χ2n) is 6.43. The smallest absolute Gasteiger partial charge is 0.229 e. The first-order valence-electron chi connectivity index (χ1n) is 7.86. The van der Waals surface area contributed by atoms with Crippen molar-refractivity contribution in [2.24, 2.45) is 5.41 Å². The molecule has 0 bridgehead atoms. The predicted molar refractivity (Wildman–Crippen MR) is 82.4 cm³/mol. The average Bonchev–Trinajstić information content (AvgIpc) is 2.48. The molecule has 0 aliphatic carbocycles. The van der Waals surface area contributed by atoms with E-state index in [9.17, 15) is 13.2 Å². The lowest BCUT2D eigenvalue weighted by Crippen LogP contribution is -2.54. The summed E-state index contributed by atoms with van der Waals surface area (Å²) in [5.41, 5.74) is -0.298. The molecule has 2 saturated heterocycles. The summed E-state index contributed by atoms with van der Waals surface area (Å²) in [6.07, 6.45) is 3.37. The minimum Gasteiger partial charge on any atom is -0.342 e. The molecule has 122 valence electrons. The summed E-state index contributed by atoms with van der Waals surface area (Å²) in [4.78, 5) is 14.6. The standard InChI is InChI=1S/C14H27N3O3S/c1-3-21(19,20)16-12-5-9-17(10-6-12)13(18)14(2)7-4-8-15-11-14/h12,15-16H,3-11H2,1-2H3. The average molecular weight is 317 g/mol. The fraction of sp³-hybridized carbons (Fsp3) is 0.929. The molecule has 0 aromatic carbocycles. The highest BCUT2D eigenvalue weighted by Gasteiger charge is 2.38. The molecule has 2 heterocycles. The van der Waals surface area contributed by atoms with Crippen LogP contribution in [-0.4, -0.2) is 57.2 Å². The summed E-state index contributed by atoms with van der Waals surface area (Å²) in [5, 5.41) is 3.30. The fourth-order valence-corrected chi connectivity index (χ4v) is 4.07. The van der Waals surface area contributed by atoms with Crippen molar-refractivity contribution in [1.82, 2.24) is 14.9 Å². The summed E-state index contributed by atoms with van der Waals surface area (Å²) >= 11 is 0. The molecule has 0 aromatic heterocycles. The van der Waals surface area contributed by atoms with Gasteiger partial charge in [0.2, 0.25) is 15.9 Å². The lowest BCUT2D eigenvalue weighted by molar-refractivity contribution is -0.143. The van der Waals surface area contributed by atoms with Crippen LogP contribution in [0.2, 0.25) is 0 Å². The van der Waals surface area contributed by atoms with Gasteiger partial charge in [-0.25, -0.2) is 13.1 Å². The molecule has 7 heteroatoms. The van der Waals surface area contributed by atoms with E-state index in [2.05, 4.69) is 10.0 Å². The molecule has 6 nitrogen and oxygen atoms in total. The highest BCUT2D eigenvalue weighted by atomic mass is 32.2. The first kappa shape index (κ1) is 16.7. The molecule has 2 aliphatic rings. The van der Waals surface area contributed by atoms with Crippen molar-refractivity contribution in [3.8, 4) is 0 Å². The van der Waals surface area contributed by atoms with Crippen LogP contribution in [0.5, 0.6) is 0 Å². The zero-order valence-electron chi connectivity index (χ0n) is 13.0. The monoisotopic (exact) mass is 317 g/mol. The Morgan fingerprint density at radius 1 is 1.38 bits per heavy atom. The fourth-order valence-electron chi connectivity index (χ4n) is 3.16. The van der Waals surface area contributed by atoms with Crippen molar-refractivity contribution in [3.05, 3.63) is 0 Å². The van der Waals surface area contributed by atoms with Crippen LogP contribution < -0.4 is 10.0 Å². The van der Waals surface area contributed by atoms with E-state index < -0.39 is 10.0 Å². The Bertz CT molecular complexity index is 464. The molecule has 0 aromatic rings. The largest absolute Gasteiger partial charge is 0.342 e. The summed E-state index contributed by atoms with van der Waals surface area (Å²) < 4.78 is 25.9. The zero-order chi connectivity index (χ0) is 15.5. The minimum absolute atomic E-state index is 0.0312. The number of hydrogen-bond acceptors (Lipinski definition) is 4. The summed E-state index contributed by atoms with van der Waals surface area (Å²) in [6.45, 7) is 6.69. The molecule has 2 N–H and O–H groups in total. The van der Waals surface area contributed by atoms with Crippen LogP contribution >= 0.6 is 0 Å². The van der Waals surface area contributed by atoms with Crippen LogP contribution in [-0.2, 0) is 14.8 Å². The third-order valence-electron chi connectivity index (χ3n) is 4.62. The van der Waals surface area contributed by atoms with Gasteiger partial charge in [-0.2, -0.15) is 0 Å². The van der Waals surface area contributed by atoms with Gasteiger partial charge in [-0.15, -0.1) is 0 Å². The molecule has 1 unspecified atom stereocenters. The number of amides is 1. The number of likely N-dealkylation sites (tertiary alicyclic amines) is 1. The molecule has 0 saturated carbocycles. The number of rotatable bonds is 4. The minimum atomic E-state index is -3.15. The second-order valence-corrected chi connectivity index (χ2v) is 8.47. The Balaban J connectivity index is 1.87. The van der Waals surface area contributed by atoms with Crippen molar-refractivity contribution < 1.29 is 13.2 Å². The molecule has 2 fully saturated rings. The third-order valence-corrected chi connectivity index (χ3v) is 6.07. The number of nitrogens with one attached hydrogen (secondary N) is 2. The second kappa shape index (κ2) is 6.62. The zero-order valence-corrected chi connectivity index (χ0v) is 13.8. The quantitative estimate of drug-likeness (QED) is 0.782. The first-order valence-corrected chi connectivity index (χ1v) is 9.52. The van der Waals surface area contributed by atoms with E-state index in [1.807, 2.05) is 11.8 Å². The van der Waals surface area contributed by atoms with E-state index in [1.54, 1.807) is 6.92 Å². The van der Waals surface area contributed by atoms with E-state index in [4.69, 9.17) is 0 Å². The lowest BCUT2D eigenvalue weighted by Gasteiger charge is -2.40. The number of carbonyl (C=O) groups is 1. The van der Waals surface area contributed by atoms with Gasteiger partial charge in [0.15, 0.2) is 0 Å². The predicted octanol–water partition coefficient (Wildman–Crippen LogP) is 0.306. The molecular formula is C14H27N3O3S. The maximum absolute atomic E-state index is 12.7. The summed E-state index contributed by atoms with van der Waals surface area (Å²) in [6, 6.07) is -0.0312. The summed E-state index contributed by atoms with van der Waals surface area (Å²) in [5.74, 6) is 0.321. The molecule has 0 radical (unpaired) electrons. The highest BCUT2D eigenvalue weighted by molar-refractivity contribution is 7.89. The maximum atomic E-state index is 12.7. The SMILES string of the molecule is CCS(=O)(=O)NC1CCN(C(=O)C2(C)CCCNC2)CC1. The lowest BCUT2D eigenvalue weighted by atomic mass is 9.81. The van der Waals surface area contributed by atoms with Gasteiger partial charge in [0.1, 0.15) is 0 Å². The number of hydrogen-bond donors (Lipinski definition) is 2. The van der Waals surface area contributed by atoms with Gasteiger partial charge < -0.3 is 10.2 Å². The topological polar surface area (TPSA) is 78.5 Å². The van der Waals surface area contributed by atoms with Crippen LogP contribution in [0.25, 0.3) is 0 Å². The number of piperidine rings is 2. The van der Waals surface area contributed by atoms with E-state index >= 15 is 0 Å². The van der Waals surface area contributed by atoms with Crippen molar-refractivity contribution in [2.45, 2.75) is 45.6 Å². The Morgan fingerprint density at radius 3 is 2.57 bits per heavy atom. The number of carbonyl (C=O) groups excluding carboxylic acids is 1. The molecular weight excluding hydrogens is 290 g/mol. The number of nitrogens with zero attached hydrogens (tertiary/aromatic N) is 1. The molecule has 2 rings (SSSR count). The summed E-state index contributed by atoms with van der Waals surface area (Å²) in [7, 11) is -3.15. The number of sulfonamides is 1. The van der Waals surface area contributed by atoms with Gasteiger partial charge in [-0.1, -0.05) is 0 Å². The Hall–Kier alpha value is -0.660. The first-order chi connectivity index (χ1) is 9.86. The molecule has 2 aliphatic heterocycles. The Morgan fingerprint density at radius 2 is 2.05 bits per heavy atom. The third kappa shape index (κ3) is 4.17. The van der Waals surface area contributed by atoms with Gasteiger partial charge in [0.05, 0.1) is 11.2 Å². The van der Waals surface area contributed by atoms with E-state index in [0.29, 0.717) is 25.9 Å². The van der Waals surface area contributed by atoms with Gasteiger partial charge in [0, 0.05) is 25.7 Å². The maximum Gasteiger partial charge on any atom is 0.229 e. The van der Waals surface area contributed by atoms with Gasteiger partial charge in [-0.05, 0) is 46.1 Å². The van der Waals surface area contributed by atoms with Crippen LogP contribution in [0.15, 0.2) is 0 Å². The van der Waals surface area contributed by atoms with Crippen molar-refractivity contribution in [3.63, 3.8) is 0 Å². The van der Waals surface area contributed by atoms with Crippen LogP contribution in [0.4, 0.5) is 0 Å². The van der Waals surface area contributed by atoms with E-state index in [-0.39, 0.29) is 23.1 Å². The normalized spacial score (nSPS) is 28.6. The highest BCUT2D eigenvalue weighted by Crippen LogP contribution is 2.29. The molecule has 1 amide bonds. The van der Waals surface area contributed by atoms with Crippen molar-refractivity contribution >= 4 is 15.9 Å². The van der Waals surface area contributed by atoms with Crippen LogP contribution in [0.1, 0.15) is 39.5 Å². The van der Waals surface area contributed by atoms with Crippen molar-refractivity contribution in [1.29, 1.82) is 0 Å². The van der Waals surface area contributed by atoms with Crippen LogP contribution in [0, 0.1) is 5.41 Å². The molecule has 0 spiro atoms. The van der Waals surface area contributed by atoms with E-state index in [1.165, 1.54) is 0 Å². The Labute approximate surface area is 127 Å². The van der Waals surface area contributed by atoms with E-state index in [0.717, 1.165) is 25.9 Å².